The number of pyridine rings is 1. The van der Waals surface area contributed by atoms with Crippen molar-refractivity contribution in [2.45, 2.75) is 6.54 Å². The quantitative estimate of drug-likeness (QED) is 0.611. The minimum atomic E-state index is 0.0746. The average molecular weight is 180 g/mol. The van der Waals surface area contributed by atoms with E-state index in [1.807, 2.05) is 12.3 Å². The van der Waals surface area contributed by atoms with Gasteiger partial charge in [-0.1, -0.05) is 11.9 Å². The first-order valence-corrected chi connectivity index (χ1v) is 4.80. The van der Waals surface area contributed by atoms with Crippen LogP contribution in [0.2, 0.25) is 0 Å². The van der Waals surface area contributed by atoms with Crippen LogP contribution in [0.1, 0.15) is 15.9 Å². The summed E-state index contributed by atoms with van der Waals surface area (Å²) in [7, 11) is 0. The predicted octanol–water partition coefficient (Wildman–Crippen LogP) is 1.32. The summed E-state index contributed by atoms with van der Waals surface area (Å²) in [5, 5.41) is 0. The highest BCUT2D eigenvalue weighted by molar-refractivity contribution is 7.96. The molecule has 1 aromatic heterocycles. The van der Waals surface area contributed by atoms with Crippen LogP contribution in [0.3, 0.4) is 0 Å². The zero-order valence-corrected chi connectivity index (χ0v) is 7.47. The summed E-state index contributed by atoms with van der Waals surface area (Å²) in [5.74, 6) is 0.0746. The van der Waals surface area contributed by atoms with E-state index in [2.05, 4.69) is 4.98 Å². The van der Waals surface area contributed by atoms with E-state index in [0.717, 1.165) is 11.1 Å². The number of nitrogens with zero attached hydrogens (tertiary/aromatic N) is 2. The molecule has 2 rings (SSSR count). The van der Waals surface area contributed by atoms with Crippen LogP contribution in [0.25, 0.3) is 0 Å². The third-order valence-electron chi connectivity index (χ3n) is 1.90. The van der Waals surface area contributed by atoms with Crippen molar-refractivity contribution in [3.8, 4) is 0 Å². The van der Waals surface area contributed by atoms with E-state index >= 15 is 0 Å². The van der Waals surface area contributed by atoms with Gasteiger partial charge in [-0.05, 0) is 11.6 Å². The lowest BCUT2D eigenvalue weighted by Gasteiger charge is -2.08. The molecule has 12 heavy (non-hydrogen) atoms. The molecule has 1 aliphatic heterocycles. The van der Waals surface area contributed by atoms with E-state index in [1.54, 1.807) is 16.7 Å². The van der Waals surface area contributed by atoms with Crippen LogP contribution in [-0.4, -0.2) is 21.5 Å². The van der Waals surface area contributed by atoms with Crippen molar-refractivity contribution in [2.75, 3.05) is 6.26 Å². The number of hydrogen-bond acceptors (Lipinski definition) is 3. The van der Waals surface area contributed by atoms with Crippen molar-refractivity contribution < 1.29 is 4.79 Å². The van der Waals surface area contributed by atoms with E-state index < -0.39 is 0 Å². The minimum Gasteiger partial charge on any atom is -0.278 e. The Hall–Kier alpha value is -1.03. The highest BCUT2D eigenvalue weighted by atomic mass is 32.2. The maximum atomic E-state index is 11.5. The molecule has 3 nitrogen and oxygen atoms in total. The molecule has 0 N–H and O–H groups in total. The maximum Gasteiger partial charge on any atom is 0.265 e. The number of aromatic nitrogens is 1. The van der Waals surface area contributed by atoms with Crippen molar-refractivity contribution >= 4 is 17.9 Å². The maximum absolute atomic E-state index is 11.5. The van der Waals surface area contributed by atoms with Crippen LogP contribution in [0.5, 0.6) is 0 Å². The van der Waals surface area contributed by atoms with Gasteiger partial charge in [0.15, 0.2) is 0 Å². The summed E-state index contributed by atoms with van der Waals surface area (Å²) >= 11 is 1.45. The molecule has 1 amide bonds. The van der Waals surface area contributed by atoms with Crippen LogP contribution < -0.4 is 0 Å². The minimum absolute atomic E-state index is 0.0746. The van der Waals surface area contributed by atoms with E-state index in [1.165, 1.54) is 11.9 Å². The second-order valence-electron chi connectivity index (χ2n) is 2.56. The number of carbonyl (C=O) groups is 1. The largest absolute Gasteiger partial charge is 0.278 e. The van der Waals surface area contributed by atoms with Gasteiger partial charge in [-0.2, -0.15) is 0 Å². The monoisotopic (exact) mass is 180 g/mol. The Morgan fingerprint density at radius 3 is 3.17 bits per heavy atom. The second-order valence-corrected chi connectivity index (χ2v) is 3.36. The second kappa shape index (κ2) is 2.79. The molecule has 0 unspecified atom stereocenters. The van der Waals surface area contributed by atoms with Gasteiger partial charge in [-0.3, -0.25) is 14.1 Å². The third-order valence-corrected chi connectivity index (χ3v) is 2.64. The topological polar surface area (TPSA) is 33.2 Å². The highest BCUT2D eigenvalue weighted by Crippen LogP contribution is 2.25. The lowest BCUT2D eigenvalue weighted by atomic mass is 10.2. The van der Waals surface area contributed by atoms with Crippen molar-refractivity contribution in [1.29, 1.82) is 0 Å². The first-order chi connectivity index (χ1) is 5.83. The Morgan fingerprint density at radius 1 is 1.67 bits per heavy atom. The Balaban J connectivity index is 2.42. The zero-order chi connectivity index (χ0) is 8.55. The van der Waals surface area contributed by atoms with E-state index in [9.17, 15) is 4.79 Å². The molecule has 4 heteroatoms. The van der Waals surface area contributed by atoms with Crippen LogP contribution in [-0.2, 0) is 6.54 Å². The van der Waals surface area contributed by atoms with Gasteiger partial charge >= 0.3 is 0 Å². The number of fused-ring (bicyclic) bond motifs is 1. The average Bonchev–Trinajstić information content (AvgIpc) is 2.44. The fraction of sp³-hybridized carbons (Fsp3) is 0.250. The molecule has 0 radical (unpaired) electrons. The molecule has 0 fully saturated rings. The number of amides is 1. The Bertz CT molecular complexity index is 327. The lowest BCUT2D eigenvalue weighted by Crippen LogP contribution is -2.14. The van der Waals surface area contributed by atoms with Crippen molar-refractivity contribution in [1.82, 2.24) is 9.29 Å². The van der Waals surface area contributed by atoms with Gasteiger partial charge in [-0.25, -0.2) is 0 Å². The van der Waals surface area contributed by atoms with Crippen molar-refractivity contribution in [3.05, 3.63) is 29.6 Å². The van der Waals surface area contributed by atoms with Crippen LogP contribution in [0, 0.1) is 0 Å². The Morgan fingerprint density at radius 2 is 2.50 bits per heavy atom. The number of hydrogen-bond donors (Lipinski definition) is 0. The molecule has 2 heterocycles. The van der Waals surface area contributed by atoms with E-state index in [4.69, 9.17) is 0 Å². The summed E-state index contributed by atoms with van der Waals surface area (Å²) in [6.45, 7) is 0.706. The SMILES string of the molecule is CSN1Cc2ccncc2C1=O. The number of rotatable bonds is 1. The van der Waals surface area contributed by atoms with E-state index in [-0.39, 0.29) is 5.91 Å². The fourth-order valence-corrected chi connectivity index (χ4v) is 1.79. The first kappa shape index (κ1) is 7.61. The fourth-order valence-electron chi connectivity index (χ4n) is 1.26. The summed E-state index contributed by atoms with van der Waals surface area (Å²) in [4.78, 5) is 15.4. The summed E-state index contributed by atoms with van der Waals surface area (Å²) in [6.07, 6.45) is 5.25. The van der Waals surface area contributed by atoms with Gasteiger partial charge in [0, 0.05) is 18.6 Å². The summed E-state index contributed by atoms with van der Waals surface area (Å²) in [6, 6.07) is 1.89. The van der Waals surface area contributed by atoms with Gasteiger partial charge in [0.25, 0.3) is 5.91 Å². The molecule has 1 aromatic rings. The van der Waals surface area contributed by atoms with E-state index in [0.29, 0.717) is 6.54 Å². The Kier molecular flexibility index (Phi) is 1.77. The first-order valence-electron chi connectivity index (χ1n) is 3.62. The molecule has 0 bridgehead atoms. The molecule has 0 spiro atoms. The molecular weight excluding hydrogens is 172 g/mol. The Labute approximate surface area is 74.9 Å². The number of carbonyl (C=O) groups excluding carboxylic acids is 1. The molecule has 0 saturated carbocycles. The normalized spacial score (nSPS) is 15.1. The molecule has 0 aromatic carbocycles. The zero-order valence-electron chi connectivity index (χ0n) is 6.65. The highest BCUT2D eigenvalue weighted by Gasteiger charge is 2.26. The molecule has 62 valence electrons. The molecule has 0 atom stereocenters. The molecule has 0 saturated heterocycles. The van der Waals surface area contributed by atoms with Crippen LogP contribution >= 0.6 is 11.9 Å². The standard InChI is InChI=1S/C8H8N2OS/c1-12-10-5-6-2-3-9-4-7(6)8(10)11/h2-4H,5H2,1H3. The molecule has 1 aliphatic rings. The predicted molar refractivity (Wildman–Crippen MR) is 47.6 cm³/mol. The van der Waals surface area contributed by atoms with Crippen molar-refractivity contribution in [2.24, 2.45) is 0 Å². The van der Waals surface area contributed by atoms with Gasteiger partial charge in [0.1, 0.15) is 0 Å². The van der Waals surface area contributed by atoms with Crippen molar-refractivity contribution in [3.63, 3.8) is 0 Å². The molecular formula is C8H8N2OS. The van der Waals surface area contributed by atoms with Gasteiger partial charge in [0.2, 0.25) is 0 Å². The smallest absolute Gasteiger partial charge is 0.265 e. The van der Waals surface area contributed by atoms with Gasteiger partial charge in [-0.15, -0.1) is 0 Å². The summed E-state index contributed by atoms with van der Waals surface area (Å²) < 4.78 is 1.73. The van der Waals surface area contributed by atoms with Gasteiger partial charge in [0.05, 0.1) is 12.1 Å². The third kappa shape index (κ3) is 0.992. The molecule has 0 aliphatic carbocycles. The van der Waals surface area contributed by atoms with Gasteiger partial charge < -0.3 is 0 Å². The van der Waals surface area contributed by atoms with Crippen LogP contribution in [0.15, 0.2) is 18.5 Å². The van der Waals surface area contributed by atoms with Crippen LogP contribution in [0.4, 0.5) is 0 Å². The summed E-state index contributed by atoms with van der Waals surface area (Å²) in [5.41, 5.74) is 1.82. The lowest BCUT2D eigenvalue weighted by molar-refractivity contribution is 0.0889.